The van der Waals surface area contributed by atoms with Crippen molar-refractivity contribution >= 4 is 12.2 Å². The molecule has 0 aliphatic heterocycles. The van der Waals surface area contributed by atoms with Gasteiger partial charge in [0.1, 0.15) is 0 Å². The standard InChI is InChI=1S/C13H16N2/c1-9(2)13-10(3)14-11-7-5-4-6-8-12(11)15-13/h5-9H,4H2,1-3H3. The van der Waals surface area contributed by atoms with E-state index in [-0.39, 0.29) is 0 Å². The summed E-state index contributed by atoms with van der Waals surface area (Å²) in [7, 11) is 0. The third kappa shape index (κ3) is 1.99. The van der Waals surface area contributed by atoms with Gasteiger partial charge in [-0.15, -0.1) is 0 Å². The Balaban J connectivity index is 2.57. The van der Waals surface area contributed by atoms with Gasteiger partial charge >= 0.3 is 0 Å². The summed E-state index contributed by atoms with van der Waals surface area (Å²) >= 11 is 0. The minimum atomic E-state index is 0.434. The van der Waals surface area contributed by atoms with Crippen LogP contribution in [0.15, 0.2) is 12.2 Å². The first-order valence-corrected chi connectivity index (χ1v) is 5.40. The SMILES string of the molecule is Cc1nc2c(nc1C(C)C)C=CCC=C2. The fourth-order valence-corrected chi connectivity index (χ4v) is 1.79. The predicted molar refractivity (Wildman–Crippen MR) is 63.5 cm³/mol. The zero-order valence-electron chi connectivity index (χ0n) is 9.49. The third-order valence-corrected chi connectivity index (χ3v) is 2.53. The van der Waals surface area contributed by atoms with E-state index in [9.17, 15) is 0 Å². The first kappa shape index (κ1) is 10.1. The van der Waals surface area contributed by atoms with E-state index in [0.29, 0.717) is 5.92 Å². The molecule has 78 valence electrons. The highest BCUT2D eigenvalue weighted by Gasteiger charge is 2.10. The maximum atomic E-state index is 4.67. The number of allylic oxidation sites excluding steroid dienone is 2. The monoisotopic (exact) mass is 200 g/mol. The molecule has 2 nitrogen and oxygen atoms in total. The number of nitrogens with zero attached hydrogens (tertiary/aromatic N) is 2. The molecule has 2 heteroatoms. The maximum Gasteiger partial charge on any atom is 0.0887 e. The van der Waals surface area contributed by atoms with Crippen molar-refractivity contribution in [2.45, 2.75) is 33.1 Å². The first-order chi connectivity index (χ1) is 7.18. The van der Waals surface area contributed by atoms with Gasteiger partial charge in [-0.2, -0.15) is 0 Å². The minimum absolute atomic E-state index is 0.434. The van der Waals surface area contributed by atoms with Crippen molar-refractivity contribution in [1.82, 2.24) is 9.97 Å². The highest BCUT2D eigenvalue weighted by Crippen LogP contribution is 2.20. The molecule has 0 N–H and O–H groups in total. The van der Waals surface area contributed by atoms with Gasteiger partial charge in [-0.1, -0.05) is 26.0 Å². The molecule has 0 bridgehead atoms. The molecule has 15 heavy (non-hydrogen) atoms. The molecule has 1 aromatic rings. The Labute approximate surface area is 90.8 Å². The van der Waals surface area contributed by atoms with E-state index in [2.05, 4.69) is 48.1 Å². The van der Waals surface area contributed by atoms with Crippen molar-refractivity contribution in [3.8, 4) is 0 Å². The molecular formula is C13H16N2. The van der Waals surface area contributed by atoms with Crippen molar-refractivity contribution < 1.29 is 0 Å². The highest BCUT2D eigenvalue weighted by molar-refractivity contribution is 5.62. The van der Waals surface area contributed by atoms with E-state index >= 15 is 0 Å². The molecule has 0 spiro atoms. The Morgan fingerprint density at radius 3 is 2.27 bits per heavy atom. The Bertz CT molecular complexity index is 428. The molecule has 0 saturated heterocycles. The van der Waals surface area contributed by atoms with E-state index < -0.39 is 0 Å². The molecule has 1 aliphatic carbocycles. The van der Waals surface area contributed by atoms with Crippen LogP contribution in [0.3, 0.4) is 0 Å². The second-order valence-electron chi connectivity index (χ2n) is 4.16. The Morgan fingerprint density at radius 2 is 1.67 bits per heavy atom. The number of aryl methyl sites for hydroxylation is 1. The van der Waals surface area contributed by atoms with Gasteiger partial charge in [0.05, 0.1) is 22.8 Å². The average molecular weight is 200 g/mol. The first-order valence-electron chi connectivity index (χ1n) is 5.40. The summed E-state index contributed by atoms with van der Waals surface area (Å²) in [6, 6.07) is 0. The topological polar surface area (TPSA) is 25.8 Å². The van der Waals surface area contributed by atoms with Crippen LogP contribution in [0.2, 0.25) is 0 Å². The van der Waals surface area contributed by atoms with Gasteiger partial charge in [0.2, 0.25) is 0 Å². The van der Waals surface area contributed by atoms with Crippen molar-refractivity contribution in [3.05, 3.63) is 34.9 Å². The van der Waals surface area contributed by atoms with E-state index in [1.54, 1.807) is 0 Å². The number of fused-ring (bicyclic) bond motifs is 1. The molecule has 0 radical (unpaired) electrons. The lowest BCUT2D eigenvalue weighted by molar-refractivity contribution is 0.791. The number of hydrogen-bond acceptors (Lipinski definition) is 2. The summed E-state index contributed by atoms with van der Waals surface area (Å²) < 4.78 is 0. The second kappa shape index (κ2) is 3.97. The molecule has 0 saturated carbocycles. The molecule has 0 unspecified atom stereocenters. The summed E-state index contributed by atoms with van der Waals surface area (Å²) in [6.07, 6.45) is 9.32. The quantitative estimate of drug-likeness (QED) is 0.694. The van der Waals surface area contributed by atoms with Crippen LogP contribution in [0.1, 0.15) is 49.0 Å². The lowest BCUT2D eigenvalue weighted by Crippen LogP contribution is -2.04. The Hall–Kier alpha value is -1.44. The summed E-state index contributed by atoms with van der Waals surface area (Å²) in [5.41, 5.74) is 4.14. The number of hydrogen-bond donors (Lipinski definition) is 0. The van der Waals surface area contributed by atoms with Crippen LogP contribution in [-0.4, -0.2) is 9.97 Å². The normalized spacial score (nSPS) is 14.1. The lowest BCUT2D eigenvalue weighted by Gasteiger charge is -2.10. The summed E-state index contributed by atoms with van der Waals surface area (Å²) in [6.45, 7) is 6.34. The molecule has 0 amide bonds. The van der Waals surface area contributed by atoms with Crippen molar-refractivity contribution in [1.29, 1.82) is 0 Å². The van der Waals surface area contributed by atoms with E-state index in [4.69, 9.17) is 0 Å². The van der Waals surface area contributed by atoms with Gasteiger partial charge < -0.3 is 0 Å². The van der Waals surface area contributed by atoms with Crippen molar-refractivity contribution in [2.24, 2.45) is 0 Å². The van der Waals surface area contributed by atoms with E-state index in [1.807, 2.05) is 6.92 Å². The van der Waals surface area contributed by atoms with Crippen LogP contribution in [-0.2, 0) is 0 Å². The van der Waals surface area contributed by atoms with Gasteiger partial charge in [-0.3, -0.25) is 0 Å². The second-order valence-corrected chi connectivity index (χ2v) is 4.16. The van der Waals surface area contributed by atoms with E-state index in [0.717, 1.165) is 29.2 Å². The highest BCUT2D eigenvalue weighted by atomic mass is 14.8. The zero-order valence-corrected chi connectivity index (χ0v) is 9.49. The Morgan fingerprint density at radius 1 is 1.07 bits per heavy atom. The summed E-state index contributed by atoms with van der Waals surface area (Å²) in [5, 5.41) is 0. The Kier molecular flexibility index (Phi) is 2.67. The largest absolute Gasteiger partial charge is 0.250 e. The number of rotatable bonds is 1. The van der Waals surface area contributed by atoms with Crippen molar-refractivity contribution in [3.63, 3.8) is 0 Å². The average Bonchev–Trinajstić information content (AvgIpc) is 2.40. The maximum absolute atomic E-state index is 4.67. The van der Waals surface area contributed by atoms with Crippen LogP contribution >= 0.6 is 0 Å². The van der Waals surface area contributed by atoms with Crippen LogP contribution in [0.25, 0.3) is 12.2 Å². The van der Waals surface area contributed by atoms with Gasteiger partial charge in [0.15, 0.2) is 0 Å². The van der Waals surface area contributed by atoms with Crippen LogP contribution in [0.5, 0.6) is 0 Å². The van der Waals surface area contributed by atoms with Gasteiger partial charge in [0.25, 0.3) is 0 Å². The predicted octanol–water partition coefficient (Wildman–Crippen LogP) is 3.34. The molecule has 1 heterocycles. The smallest absolute Gasteiger partial charge is 0.0887 e. The van der Waals surface area contributed by atoms with Gasteiger partial charge in [0, 0.05) is 0 Å². The van der Waals surface area contributed by atoms with Crippen LogP contribution < -0.4 is 0 Å². The lowest BCUT2D eigenvalue weighted by atomic mass is 10.1. The van der Waals surface area contributed by atoms with Gasteiger partial charge in [-0.25, -0.2) is 9.97 Å². The molecule has 1 aromatic heterocycles. The molecule has 2 rings (SSSR count). The molecule has 0 fully saturated rings. The van der Waals surface area contributed by atoms with Gasteiger partial charge in [-0.05, 0) is 31.4 Å². The molecule has 0 atom stereocenters. The van der Waals surface area contributed by atoms with Crippen LogP contribution in [0.4, 0.5) is 0 Å². The fourth-order valence-electron chi connectivity index (χ4n) is 1.79. The molecule has 0 aromatic carbocycles. The summed E-state index contributed by atoms with van der Waals surface area (Å²) in [4.78, 5) is 9.27. The number of aromatic nitrogens is 2. The zero-order chi connectivity index (χ0) is 10.8. The van der Waals surface area contributed by atoms with Crippen molar-refractivity contribution in [2.75, 3.05) is 0 Å². The van der Waals surface area contributed by atoms with E-state index in [1.165, 1.54) is 0 Å². The minimum Gasteiger partial charge on any atom is -0.250 e. The molecular weight excluding hydrogens is 184 g/mol. The molecule has 1 aliphatic rings. The third-order valence-electron chi connectivity index (χ3n) is 2.53. The fraction of sp³-hybridized carbons (Fsp3) is 0.385. The van der Waals surface area contributed by atoms with Crippen LogP contribution in [0, 0.1) is 6.92 Å². The summed E-state index contributed by atoms with van der Waals surface area (Å²) in [5.74, 6) is 0.434.